The van der Waals surface area contributed by atoms with E-state index in [4.69, 9.17) is 11.6 Å². The lowest BCUT2D eigenvalue weighted by Gasteiger charge is -2.03. The normalized spacial score (nSPS) is 10.5. The third kappa shape index (κ3) is 3.53. The number of hydrogen-bond donors (Lipinski definition) is 0. The van der Waals surface area contributed by atoms with Crippen LogP contribution in [-0.4, -0.2) is 5.78 Å². The Labute approximate surface area is 130 Å². The fourth-order valence-corrected chi connectivity index (χ4v) is 3.70. The van der Waals surface area contributed by atoms with Gasteiger partial charge >= 0.3 is 0 Å². The van der Waals surface area contributed by atoms with Gasteiger partial charge in [0, 0.05) is 25.5 Å². The number of rotatable bonds is 3. The fraction of sp³-hybridized carbons (Fsp3) is 0.0833. The van der Waals surface area contributed by atoms with E-state index in [-0.39, 0.29) is 5.78 Å². The van der Waals surface area contributed by atoms with Crippen LogP contribution in [0.15, 0.2) is 34.1 Å². The number of Topliss-reactive ketones (excluding diaryl/α,β-unsaturated/α-hetero) is 1. The van der Waals surface area contributed by atoms with Gasteiger partial charge in [0.05, 0.1) is 3.79 Å². The number of carbonyl (C=O) groups excluding carboxylic acids is 1. The highest BCUT2D eigenvalue weighted by molar-refractivity contribution is 14.1. The molecule has 88 valence electrons. The maximum Gasteiger partial charge on any atom is 0.169 e. The molecule has 17 heavy (non-hydrogen) atoms. The first-order valence-corrected chi connectivity index (χ1v) is 7.85. The van der Waals surface area contributed by atoms with Crippen molar-refractivity contribution in [2.45, 2.75) is 6.42 Å². The highest BCUT2D eigenvalue weighted by atomic mass is 127. The van der Waals surface area contributed by atoms with Crippen LogP contribution in [0.2, 0.25) is 5.02 Å². The molecule has 0 radical (unpaired) electrons. The number of halogens is 3. The van der Waals surface area contributed by atoms with Gasteiger partial charge in [-0.2, -0.15) is 0 Å². The van der Waals surface area contributed by atoms with Crippen molar-refractivity contribution in [3.63, 3.8) is 0 Å². The van der Waals surface area contributed by atoms with Crippen molar-refractivity contribution in [1.82, 2.24) is 0 Å². The lowest BCUT2D eigenvalue weighted by molar-refractivity contribution is 0.0993. The number of ketones is 1. The van der Waals surface area contributed by atoms with E-state index in [0.717, 1.165) is 12.2 Å². The molecule has 0 aliphatic heterocycles. The summed E-state index contributed by atoms with van der Waals surface area (Å²) in [6.07, 6.45) is 0.423. The van der Waals surface area contributed by atoms with Crippen LogP contribution < -0.4 is 0 Å². The SMILES string of the molecule is O=C(Cc1ccc(Br)s1)c1cc(Cl)ccc1I. The quantitative estimate of drug-likeness (QED) is 0.473. The molecule has 2 rings (SSSR count). The van der Waals surface area contributed by atoms with Crippen LogP contribution in [-0.2, 0) is 6.42 Å². The van der Waals surface area contributed by atoms with Crippen molar-refractivity contribution >= 4 is 67.2 Å². The Morgan fingerprint density at radius 1 is 1.35 bits per heavy atom. The summed E-state index contributed by atoms with van der Waals surface area (Å²) in [5.74, 6) is 0.103. The predicted octanol–water partition coefficient (Wildman–Crippen LogP) is 5.19. The highest BCUT2D eigenvalue weighted by Crippen LogP contribution is 2.25. The molecule has 0 amide bonds. The zero-order valence-corrected chi connectivity index (χ0v) is 13.9. The van der Waals surface area contributed by atoms with Crippen molar-refractivity contribution in [1.29, 1.82) is 0 Å². The van der Waals surface area contributed by atoms with Crippen LogP contribution in [0.3, 0.4) is 0 Å². The lowest BCUT2D eigenvalue weighted by Crippen LogP contribution is -2.04. The van der Waals surface area contributed by atoms with Crippen LogP contribution in [0.25, 0.3) is 0 Å². The van der Waals surface area contributed by atoms with Gasteiger partial charge in [0.15, 0.2) is 5.78 Å². The molecule has 1 aromatic carbocycles. The van der Waals surface area contributed by atoms with Crippen molar-refractivity contribution in [3.05, 3.63) is 53.2 Å². The Morgan fingerprint density at radius 2 is 2.12 bits per heavy atom. The van der Waals surface area contributed by atoms with Crippen LogP contribution in [0.4, 0.5) is 0 Å². The average molecular weight is 442 g/mol. The number of hydrogen-bond acceptors (Lipinski definition) is 2. The molecule has 0 atom stereocenters. The zero-order chi connectivity index (χ0) is 12.4. The molecule has 1 heterocycles. The van der Waals surface area contributed by atoms with Crippen LogP contribution >= 0.6 is 61.5 Å². The Hall–Kier alpha value is 0.0900. The van der Waals surface area contributed by atoms with E-state index in [1.165, 1.54) is 0 Å². The van der Waals surface area contributed by atoms with Gasteiger partial charge in [0.25, 0.3) is 0 Å². The predicted molar refractivity (Wildman–Crippen MR) is 84.2 cm³/mol. The molecule has 0 fully saturated rings. The van der Waals surface area contributed by atoms with Crippen molar-refractivity contribution < 1.29 is 4.79 Å². The summed E-state index contributed by atoms with van der Waals surface area (Å²) < 4.78 is 1.98. The molecule has 0 aliphatic rings. The summed E-state index contributed by atoms with van der Waals surface area (Å²) in [5, 5.41) is 0.598. The Morgan fingerprint density at radius 3 is 2.76 bits per heavy atom. The number of carbonyl (C=O) groups is 1. The maximum atomic E-state index is 12.1. The molecular weight excluding hydrogens is 434 g/mol. The second kappa shape index (κ2) is 5.82. The molecule has 0 saturated heterocycles. The maximum absolute atomic E-state index is 12.1. The molecule has 0 spiro atoms. The first-order valence-electron chi connectivity index (χ1n) is 4.79. The van der Waals surface area contributed by atoms with E-state index >= 15 is 0 Å². The van der Waals surface area contributed by atoms with Crippen LogP contribution in [0.1, 0.15) is 15.2 Å². The van der Waals surface area contributed by atoms with Gasteiger partial charge in [-0.1, -0.05) is 11.6 Å². The molecule has 0 aliphatic carbocycles. The van der Waals surface area contributed by atoms with Gasteiger partial charge in [0.1, 0.15) is 0 Å². The molecule has 5 heteroatoms. The van der Waals surface area contributed by atoms with Gasteiger partial charge in [-0.05, 0) is 68.9 Å². The minimum atomic E-state index is 0.103. The Balaban J connectivity index is 2.22. The second-order valence-corrected chi connectivity index (χ2v) is 7.58. The third-order valence-electron chi connectivity index (χ3n) is 2.19. The van der Waals surface area contributed by atoms with Crippen LogP contribution in [0.5, 0.6) is 0 Å². The lowest BCUT2D eigenvalue weighted by atomic mass is 10.1. The Bertz CT molecular complexity index is 567. The molecule has 0 bridgehead atoms. The van der Waals surface area contributed by atoms with E-state index in [1.807, 2.05) is 18.2 Å². The smallest absolute Gasteiger partial charge is 0.169 e. The van der Waals surface area contributed by atoms with Gasteiger partial charge in [-0.3, -0.25) is 4.79 Å². The van der Waals surface area contributed by atoms with Gasteiger partial charge in [0.2, 0.25) is 0 Å². The summed E-state index contributed by atoms with van der Waals surface area (Å²) in [7, 11) is 0. The zero-order valence-electron chi connectivity index (χ0n) is 8.54. The summed E-state index contributed by atoms with van der Waals surface area (Å²) in [6, 6.07) is 9.30. The average Bonchev–Trinajstić information content (AvgIpc) is 2.67. The fourth-order valence-electron chi connectivity index (χ4n) is 1.41. The summed E-state index contributed by atoms with van der Waals surface area (Å²) >= 11 is 13.0. The third-order valence-corrected chi connectivity index (χ3v) is 4.99. The van der Waals surface area contributed by atoms with Gasteiger partial charge in [-0.25, -0.2) is 0 Å². The first kappa shape index (κ1) is 13.5. The molecular formula is C12H7BrClIOS. The van der Waals surface area contributed by atoms with Gasteiger partial charge in [-0.15, -0.1) is 11.3 Å². The van der Waals surface area contributed by atoms with Crippen LogP contribution in [0, 0.1) is 3.57 Å². The standard InChI is InChI=1S/C12H7BrClIOS/c13-12-4-2-8(17-12)6-11(16)9-5-7(14)1-3-10(9)15/h1-5H,6H2. The van der Waals surface area contributed by atoms with Crippen molar-refractivity contribution in [2.24, 2.45) is 0 Å². The summed E-state index contributed by atoms with van der Waals surface area (Å²) in [4.78, 5) is 13.2. The number of thiophene rings is 1. The monoisotopic (exact) mass is 440 g/mol. The molecule has 0 saturated carbocycles. The first-order chi connectivity index (χ1) is 8.06. The largest absolute Gasteiger partial charge is 0.294 e. The van der Waals surface area contributed by atoms with E-state index in [2.05, 4.69) is 38.5 Å². The minimum Gasteiger partial charge on any atom is -0.294 e. The highest BCUT2D eigenvalue weighted by Gasteiger charge is 2.12. The van der Waals surface area contributed by atoms with E-state index < -0.39 is 0 Å². The van der Waals surface area contributed by atoms with E-state index in [0.29, 0.717) is 17.0 Å². The van der Waals surface area contributed by atoms with Crippen molar-refractivity contribution in [3.8, 4) is 0 Å². The summed E-state index contributed by atoms with van der Waals surface area (Å²) in [6.45, 7) is 0. The number of benzene rings is 1. The van der Waals surface area contributed by atoms with Gasteiger partial charge < -0.3 is 0 Å². The van der Waals surface area contributed by atoms with E-state index in [1.54, 1.807) is 23.5 Å². The Kier molecular flexibility index (Phi) is 4.63. The minimum absolute atomic E-state index is 0.103. The topological polar surface area (TPSA) is 17.1 Å². The molecule has 1 aromatic heterocycles. The second-order valence-electron chi connectivity index (χ2n) is 3.43. The molecule has 0 unspecified atom stereocenters. The molecule has 1 nitrogen and oxygen atoms in total. The van der Waals surface area contributed by atoms with E-state index in [9.17, 15) is 4.79 Å². The van der Waals surface area contributed by atoms with Crippen molar-refractivity contribution in [2.75, 3.05) is 0 Å². The summed E-state index contributed by atoms with van der Waals surface area (Å²) in [5.41, 5.74) is 0.697. The molecule has 0 N–H and O–H groups in total. The molecule has 2 aromatic rings.